The number of aryl methyl sites for hydroxylation is 1. The quantitative estimate of drug-likeness (QED) is 0.471. The second-order valence-corrected chi connectivity index (χ2v) is 4.60. The molecule has 1 aromatic carbocycles. The van der Waals surface area contributed by atoms with Crippen LogP contribution >= 0.6 is 0 Å². The molecule has 1 aliphatic rings. The predicted molar refractivity (Wildman–Crippen MR) is 70.4 cm³/mol. The molecule has 0 N–H and O–H groups in total. The molecule has 6 heteroatoms. The number of hydrogen-bond donors (Lipinski definition) is 0. The fourth-order valence-electron chi connectivity index (χ4n) is 2.26. The van der Waals surface area contributed by atoms with Crippen molar-refractivity contribution in [1.29, 1.82) is 5.26 Å². The summed E-state index contributed by atoms with van der Waals surface area (Å²) >= 11 is 0. The molecule has 2 rings (SSSR count). The van der Waals surface area contributed by atoms with Crippen molar-refractivity contribution in [1.82, 2.24) is 0 Å². The summed E-state index contributed by atoms with van der Waals surface area (Å²) in [6, 6.07) is 7.37. The lowest BCUT2D eigenvalue weighted by molar-refractivity contribution is -0.117. The van der Waals surface area contributed by atoms with E-state index in [1.54, 1.807) is 17.0 Å². The lowest BCUT2D eigenvalue weighted by Crippen LogP contribution is -2.25. The maximum Gasteiger partial charge on any atom is 0.227 e. The number of nitriles is 1. The van der Waals surface area contributed by atoms with Crippen LogP contribution in [-0.4, -0.2) is 19.0 Å². The highest BCUT2D eigenvalue weighted by atomic mass is 16.2. The third-order valence-corrected chi connectivity index (χ3v) is 3.24. The molecular weight excluding hydrogens is 242 g/mol. The SMILES string of the molecule is Cc1ccc(C#N)cc1N1CC(CN=[N+]=[N-])CC1=O. The molecule has 1 unspecified atom stereocenters. The van der Waals surface area contributed by atoms with E-state index in [0.29, 0.717) is 25.1 Å². The molecule has 1 heterocycles. The van der Waals surface area contributed by atoms with Gasteiger partial charge in [0.1, 0.15) is 0 Å². The first-order valence-electron chi connectivity index (χ1n) is 5.97. The van der Waals surface area contributed by atoms with Crippen LogP contribution in [0.2, 0.25) is 0 Å². The minimum Gasteiger partial charge on any atom is -0.312 e. The third kappa shape index (κ3) is 2.67. The van der Waals surface area contributed by atoms with Gasteiger partial charge in [-0.25, -0.2) is 0 Å². The van der Waals surface area contributed by atoms with Gasteiger partial charge in [-0.3, -0.25) is 4.79 Å². The number of benzene rings is 1. The van der Waals surface area contributed by atoms with Gasteiger partial charge in [-0.2, -0.15) is 5.26 Å². The Morgan fingerprint density at radius 2 is 2.42 bits per heavy atom. The average molecular weight is 255 g/mol. The van der Waals surface area contributed by atoms with E-state index in [2.05, 4.69) is 16.1 Å². The van der Waals surface area contributed by atoms with Crippen LogP contribution in [0.3, 0.4) is 0 Å². The van der Waals surface area contributed by atoms with E-state index in [9.17, 15) is 4.79 Å². The Morgan fingerprint density at radius 3 is 3.11 bits per heavy atom. The number of nitrogens with zero attached hydrogens (tertiary/aromatic N) is 5. The summed E-state index contributed by atoms with van der Waals surface area (Å²) < 4.78 is 0. The highest BCUT2D eigenvalue weighted by Gasteiger charge is 2.30. The Hall–Kier alpha value is -2.51. The molecule has 19 heavy (non-hydrogen) atoms. The van der Waals surface area contributed by atoms with E-state index >= 15 is 0 Å². The van der Waals surface area contributed by atoms with Crippen molar-refractivity contribution >= 4 is 11.6 Å². The number of carbonyl (C=O) groups excluding carboxylic acids is 1. The topological polar surface area (TPSA) is 92.9 Å². The molecule has 96 valence electrons. The summed E-state index contributed by atoms with van der Waals surface area (Å²) in [6.45, 7) is 2.77. The van der Waals surface area contributed by atoms with Gasteiger partial charge in [0, 0.05) is 30.1 Å². The zero-order valence-electron chi connectivity index (χ0n) is 10.6. The number of hydrogen-bond acceptors (Lipinski definition) is 3. The Balaban J connectivity index is 2.25. The van der Waals surface area contributed by atoms with Crippen molar-refractivity contribution < 1.29 is 4.79 Å². The molecule has 1 atom stereocenters. The smallest absolute Gasteiger partial charge is 0.227 e. The minimum atomic E-state index is 0.0105. The molecular formula is C13H13N5O. The number of rotatable bonds is 3. The molecule has 0 radical (unpaired) electrons. The summed E-state index contributed by atoms with van der Waals surface area (Å²) in [5.41, 5.74) is 10.6. The molecule has 1 aliphatic heterocycles. The van der Waals surface area contributed by atoms with Crippen molar-refractivity contribution in [3.05, 3.63) is 39.8 Å². The maximum atomic E-state index is 12.0. The molecule has 0 bridgehead atoms. The highest BCUT2D eigenvalue weighted by Crippen LogP contribution is 2.28. The fourth-order valence-corrected chi connectivity index (χ4v) is 2.26. The number of anilines is 1. The molecule has 1 saturated heterocycles. The summed E-state index contributed by atoms with van der Waals surface area (Å²) in [7, 11) is 0. The fraction of sp³-hybridized carbons (Fsp3) is 0.385. The van der Waals surface area contributed by atoms with Crippen LogP contribution < -0.4 is 4.90 Å². The molecule has 1 fully saturated rings. The summed E-state index contributed by atoms with van der Waals surface area (Å²) in [6.07, 6.45) is 0.384. The lowest BCUT2D eigenvalue weighted by atomic mass is 10.1. The van der Waals surface area contributed by atoms with E-state index in [-0.39, 0.29) is 11.8 Å². The largest absolute Gasteiger partial charge is 0.312 e. The van der Waals surface area contributed by atoms with Crippen LogP contribution in [-0.2, 0) is 4.79 Å². The lowest BCUT2D eigenvalue weighted by Gasteiger charge is -2.19. The van der Waals surface area contributed by atoms with E-state index in [1.165, 1.54) is 0 Å². The van der Waals surface area contributed by atoms with Gasteiger partial charge >= 0.3 is 0 Å². The molecule has 0 saturated carbocycles. The normalized spacial score (nSPS) is 18.0. The van der Waals surface area contributed by atoms with Crippen LogP contribution in [0.4, 0.5) is 5.69 Å². The van der Waals surface area contributed by atoms with Gasteiger partial charge in [-0.15, -0.1) is 0 Å². The average Bonchev–Trinajstić information content (AvgIpc) is 2.78. The van der Waals surface area contributed by atoms with Gasteiger partial charge in [-0.05, 0) is 36.1 Å². The van der Waals surface area contributed by atoms with Crippen LogP contribution in [0.15, 0.2) is 23.3 Å². The standard InChI is InChI=1S/C13H13N5O/c1-9-2-3-10(6-14)4-12(9)18-8-11(5-13(18)19)7-16-17-15/h2-4,11H,5,7-8H2,1H3. The molecule has 1 aromatic rings. The van der Waals surface area contributed by atoms with Crippen molar-refractivity contribution in [3.63, 3.8) is 0 Å². The summed E-state index contributed by atoms with van der Waals surface area (Å²) in [5, 5.41) is 12.4. The summed E-state index contributed by atoms with van der Waals surface area (Å²) in [5.74, 6) is 0.0601. The third-order valence-electron chi connectivity index (χ3n) is 3.24. The first kappa shape index (κ1) is 12.9. The van der Waals surface area contributed by atoms with Gasteiger partial charge in [0.15, 0.2) is 0 Å². The first-order chi connectivity index (χ1) is 9.15. The Morgan fingerprint density at radius 1 is 1.63 bits per heavy atom. The highest BCUT2D eigenvalue weighted by molar-refractivity contribution is 5.96. The number of azide groups is 1. The molecule has 1 amide bonds. The Bertz CT molecular complexity index is 598. The molecule has 0 aliphatic carbocycles. The van der Waals surface area contributed by atoms with Crippen LogP contribution in [0.1, 0.15) is 17.5 Å². The van der Waals surface area contributed by atoms with Gasteiger partial charge in [0.05, 0.1) is 11.6 Å². The second kappa shape index (κ2) is 5.42. The summed E-state index contributed by atoms with van der Waals surface area (Å²) in [4.78, 5) is 16.4. The van der Waals surface area contributed by atoms with Crippen molar-refractivity contribution in [2.24, 2.45) is 11.0 Å². The Labute approximate surface area is 110 Å². The van der Waals surface area contributed by atoms with E-state index < -0.39 is 0 Å². The van der Waals surface area contributed by atoms with E-state index in [4.69, 9.17) is 10.8 Å². The van der Waals surface area contributed by atoms with Crippen LogP contribution in [0.5, 0.6) is 0 Å². The van der Waals surface area contributed by atoms with Gasteiger partial charge in [0.25, 0.3) is 0 Å². The van der Waals surface area contributed by atoms with Crippen molar-refractivity contribution in [2.45, 2.75) is 13.3 Å². The monoisotopic (exact) mass is 255 g/mol. The minimum absolute atomic E-state index is 0.0105. The van der Waals surface area contributed by atoms with Gasteiger partial charge in [0.2, 0.25) is 5.91 Å². The maximum absolute atomic E-state index is 12.0. The van der Waals surface area contributed by atoms with Crippen molar-refractivity contribution in [3.8, 4) is 6.07 Å². The second-order valence-electron chi connectivity index (χ2n) is 4.60. The zero-order valence-corrected chi connectivity index (χ0v) is 10.6. The first-order valence-corrected chi connectivity index (χ1v) is 5.97. The molecule has 0 spiro atoms. The van der Waals surface area contributed by atoms with Crippen LogP contribution in [0.25, 0.3) is 10.4 Å². The molecule has 0 aromatic heterocycles. The number of carbonyl (C=O) groups is 1. The van der Waals surface area contributed by atoms with Crippen molar-refractivity contribution in [2.75, 3.05) is 18.0 Å². The Kier molecular flexibility index (Phi) is 3.69. The van der Waals surface area contributed by atoms with E-state index in [1.807, 2.05) is 13.0 Å². The number of amides is 1. The predicted octanol–water partition coefficient (Wildman–Crippen LogP) is 2.53. The molecule has 6 nitrogen and oxygen atoms in total. The zero-order chi connectivity index (χ0) is 13.8. The van der Waals surface area contributed by atoms with Crippen LogP contribution in [0, 0.1) is 24.2 Å². The van der Waals surface area contributed by atoms with Gasteiger partial charge in [-0.1, -0.05) is 11.2 Å². The van der Waals surface area contributed by atoms with E-state index in [0.717, 1.165) is 11.3 Å². The van der Waals surface area contributed by atoms with Gasteiger partial charge < -0.3 is 4.90 Å².